The first-order chi connectivity index (χ1) is 13.8. The third-order valence-electron chi connectivity index (χ3n) is 4.50. The Bertz CT molecular complexity index is 883. The zero-order valence-corrected chi connectivity index (χ0v) is 17.1. The maximum atomic E-state index is 12.7. The number of halogens is 1. The molecule has 1 aromatic rings. The summed E-state index contributed by atoms with van der Waals surface area (Å²) in [6.07, 6.45) is 4.39. The number of piperidine rings is 1. The quantitative estimate of drug-likeness (QED) is 0.683. The fraction of sp³-hybridized carbons (Fsp3) is 0.368. The molecular weight excluding hydrogens is 418 g/mol. The van der Waals surface area contributed by atoms with E-state index in [1.165, 1.54) is 6.08 Å². The Morgan fingerprint density at radius 1 is 1.21 bits per heavy atom. The number of likely N-dealkylation sites (tertiary alicyclic amines) is 1. The van der Waals surface area contributed by atoms with Gasteiger partial charge < -0.3 is 15.4 Å². The van der Waals surface area contributed by atoms with Gasteiger partial charge in [-0.1, -0.05) is 11.6 Å². The third kappa shape index (κ3) is 5.30. The maximum Gasteiger partial charge on any atom is 0.294 e. The number of carbonyl (C=O) groups is 4. The van der Waals surface area contributed by atoms with E-state index in [1.807, 2.05) is 0 Å². The molecule has 3 rings (SSSR count). The molecule has 0 aromatic heterocycles. The Labute approximate surface area is 177 Å². The summed E-state index contributed by atoms with van der Waals surface area (Å²) in [5, 5.41) is -0.115. The maximum absolute atomic E-state index is 12.7. The van der Waals surface area contributed by atoms with Crippen LogP contribution in [-0.4, -0.2) is 59.0 Å². The van der Waals surface area contributed by atoms with Gasteiger partial charge in [0.1, 0.15) is 12.3 Å². The number of nitrogens with two attached hydrogens (primary N) is 1. The van der Waals surface area contributed by atoms with Gasteiger partial charge in [-0.25, -0.2) is 0 Å². The summed E-state index contributed by atoms with van der Waals surface area (Å²) in [6, 6.07) is 4.66. The van der Waals surface area contributed by atoms with Crippen molar-refractivity contribution < 1.29 is 23.9 Å². The van der Waals surface area contributed by atoms with Crippen molar-refractivity contribution in [2.75, 3.05) is 26.2 Å². The van der Waals surface area contributed by atoms with Crippen LogP contribution in [0.5, 0.6) is 5.75 Å². The molecule has 154 valence electrons. The molecule has 2 heterocycles. The molecule has 2 aliphatic heterocycles. The summed E-state index contributed by atoms with van der Waals surface area (Å²) in [6.45, 7) is 0.679. The monoisotopic (exact) mass is 437 g/mol. The van der Waals surface area contributed by atoms with Crippen LogP contribution in [0.2, 0.25) is 5.02 Å². The molecule has 0 radical (unpaired) electrons. The molecule has 4 amide bonds. The number of thioether (sulfide) groups is 1. The summed E-state index contributed by atoms with van der Waals surface area (Å²) in [5.41, 5.74) is 5.52. The van der Waals surface area contributed by atoms with Crippen LogP contribution >= 0.6 is 23.4 Å². The number of carbonyl (C=O) groups excluding carboxylic acids is 4. The Morgan fingerprint density at radius 3 is 2.62 bits per heavy atom. The minimum Gasteiger partial charge on any atom is -0.483 e. The number of imide groups is 1. The Balaban J connectivity index is 1.76. The Hall–Kier alpha value is -2.52. The second kappa shape index (κ2) is 9.32. The predicted molar refractivity (Wildman–Crippen MR) is 109 cm³/mol. The molecule has 29 heavy (non-hydrogen) atoms. The van der Waals surface area contributed by atoms with Crippen LogP contribution in [0.25, 0.3) is 6.08 Å². The van der Waals surface area contributed by atoms with Crippen molar-refractivity contribution in [1.82, 2.24) is 9.80 Å². The van der Waals surface area contributed by atoms with Gasteiger partial charge >= 0.3 is 0 Å². The van der Waals surface area contributed by atoms with Crippen molar-refractivity contribution in [3.63, 3.8) is 0 Å². The minimum absolute atomic E-state index is 0.146. The molecule has 0 bridgehead atoms. The van der Waals surface area contributed by atoms with Crippen molar-refractivity contribution >= 4 is 52.4 Å². The predicted octanol–water partition coefficient (Wildman–Crippen LogP) is 2.25. The Kier molecular flexibility index (Phi) is 6.81. The molecule has 1 aromatic carbocycles. The van der Waals surface area contributed by atoms with E-state index in [9.17, 15) is 19.2 Å². The van der Waals surface area contributed by atoms with Crippen molar-refractivity contribution in [3.05, 3.63) is 33.7 Å². The molecule has 2 N–H and O–H groups in total. The molecule has 0 saturated carbocycles. The lowest BCUT2D eigenvalue weighted by atomic mass is 10.1. The summed E-state index contributed by atoms with van der Waals surface area (Å²) in [7, 11) is 0. The van der Waals surface area contributed by atoms with E-state index in [2.05, 4.69) is 0 Å². The summed E-state index contributed by atoms with van der Waals surface area (Å²) >= 11 is 6.76. The first-order valence-electron chi connectivity index (χ1n) is 9.09. The molecule has 2 saturated heterocycles. The van der Waals surface area contributed by atoms with E-state index in [1.54, 1.807) is 23.1 Å². The molecule has 2 aliphatic rings. The lowest BCUT2D eigenvalue weighted by Gasteiger charge is -2.27. The number of rotatable bonds is 6. The summed E-state index contributed by atoms with van der Waals surface area (Å²) < 4.78 is 5.34. The van der Waals surface area contributed by atoms with E-state index in [-0.39, 0.29) is 24.0 Å². The van der Waals surface area contributed by atoms with Gasteiger partial charge in [0.15, 0.2) is 6.61 Å². The van der Waals surface area contributed by atoms with Gasteiger partial charge in [0.05, 0.1) is 4.91 Å². The highest BCUT2D eigenvalue weighted by atomic mass is 35.5. The van der Waals surface area contributed by atoms with Crippen LogP contribution < -0.4 is 10.5 Å². The van der Waals surface area contributed by atoms with Crippen LogP contribution in [0.15, 0.2) is 23.1 Å². The van der Waals surface area contributed by atoms with Gasteiger partial charge in [-0.2, -0.15) is 0 Å². The lowest BCUT2D eigenvalue weighted by Crippen LogP contribution is -2.44. The second-order valence-corrected chi connectivity index (χ2v) is 8.08. The highest BCUT2D eigenvalue weighted by Crippen LogP contribution is 2.34. The number of hydrogen-bond acceptors (Lipinski definition) is 6. The first-order valence-corrected chi connectivity index (χ1v) is 10.3. The highest BCUT2D eigenvalue weighted by Gasteiger charge is 2.37. The van der Waals surface area contributed by atoms with Gasteiger partial charge in [-0.15, -0.1) is 0 Å². The van der Waals surface area contributed by atoms with E-state index >= 15 is 0 Å². The Morgan fingerprint density at radius 2 is 1.93 bits per heavy atom. The number of primary amides is 1. The SMILES string of the molecule is NC(=O)COc1ccc(Cl)cc1/C=C1\SC(=O)N(CC(=O)N2CCCCC2)C1=O. The standard InChI is InChI=1S/C19H20ClN3O5S/c20-13-4-5-14(28-11-16(21)24)12(8-13)9-15-18(26)23(19(27)29-15)10-17(25)22-6-2-1-3-7-22/h4-5,8-9H,1-3,6-7,10-11H2,(H2,21,24)/b15-9-. The third-order valence-corrected chi connectivity index (χ3v) is 5.65. The fourth-order valence-corrected chi connectivity index (χ4v) is 4.08. The van der Waals surface area contributed by atoms with Gasteiger partial charge in [0.25, 0.3) is 17.1 Å². The normalized spacial score (nSPS) is 18.4. The molecule has 10 heteroatoms. The highest BCUT2D eigenvalue weighted by molar-refractivity contribution is 8.18. The van der Waals surface area contributed by atoms with E-state index < -0.39 is 17.1 Å². The average Bonchev–Trinajstić information content (AvgIpc) is 2.95. The van der Waals surface area contributed by atoms with Crippen LogP contribution in [0.3, 0.4) is 0 Å². The number of nitrogens with zero attached hydrogens (tertiary/aromatic N) is 2. The molecular formula is C19H20ClN3O5S. The lowest BCUT2D eigenvalue weighted by molar-refractivity contribution is -0.136. The minimum atomic E-state index is -0.651. The van der Waals surface area contributed by atoms with E-state index in [4.69, 9.17) is 22.1 Å². The van der Waals surface area contributed by atoms with Crippen molar-refractivity contribution in [3.8, 4) is 5.75 Å². The number of hydrogen-bond donors (Lipinski definition) is 1. The van der Waals surface area contributed by atoms with Crippen LogP contribution in [0.4, 0.5) is 4.79 Å². The molecule has 8 nitrogen and oxygen atoms in total. The molecule has 0 unspecified atom stereocenters. The van der Waals surface area contributed by atoms with Crippen LogP contribution in [0, 0.1) is 0 Å². The fourth-order valence-electron chi connectivity index (χ4n) is 3.07. The number of amides is 4. The number of benzene rings is 1. The average molecular weight is 438 g/mol. The van der Waals surface area contributed by atoms with E-state index in [0.717, 1.165) is 35.9 Å². The van der Waals surface area contributed by atoms with Gasteiger partial charge in [-0.05, 0) is 55.3 Å². The molecule has 0 spiro atoms. The van der Waals surface area contributed by atoms with Crippen LogP contribution in [0.1, 0.15) is 24.8 Å². The molecule has 0 aliphatic carbocycles. The zero-order chi connectivity index (χ0) is 21.0. The van der Waals surface area contributed by atoms with Gasteiger partial charge in [-0.3, -0.25) is 24.1 Å². The summed E-state index contributed by atoms with van der Waals surface area (Å²) in [4.78, 5) is 51.2. The van der Waals surface area contributed by atoms with E-state index in [0.29, 0.717) is 29.4 Å². The molecule has 0 atom stereocenters. The van der Waals surface area contributed by atoms with Crippen molar-refractivity contribution in [2.45, 2.75) is 19.3 Å². The largest absolute Gasteiger partial charge is 0.483 e. The number of ether oxygens (including phenoxy) is 1. The van der Waals surface area contributed by atoms with Crippen LogP contribution in [-0.2, 0) is 14.4 Å². The van der Waals surface area contributed by atoms with Gasteiger partial charge in [0.2, 0.25) is 5.91 Å². The molecule has 2 fully saturated rings. The van der Waals surface area contributed by atoms with Crippen molar-refractivity contribution in [2.24, 2.45) is 5.73 Å². The van der Waals surface area contributed by atoms with Crippen molar-refractivity contribution in [1.29, 1.82) is 0 Å². The topological polar surface area (TPSA) is 110 Å². The second-order valence-electron chi connectivity index (χ2n) is 6.65. The first kappa shape index (κ1) is 21.2. The van der Waals surface area contributed by atoms with Gasteiger partial charge in [0, 0.05) is 23.7 Å². The zero-order valence-electron chi connectivity index (χ0n) is 15.6. The summed E-state index contributed by atoms with van der Waals surface area (Å²) in [5.74, 6) is -1.14. The smallest absolute Gasteiger partial charge is 0.294 e.